The van der Waals surface area contributed by atoms with Crippen molar-refractivity contribution in [2.45, 2.75) is 18.7 Å². The second-order valence-corrected chi connectivity index (χ2v) is 5.11. The van der Waals surface area contributed by atoms with Crippen molar-refractivity contribution in [3.8, 4) is 0 Å². The molecule has 0 spiro atoms. The second kappa shape index (κ2) is 6.01. The van der Waals surface area contributed by atoms with Crippen molar-refractivity contribution in [3.63, 3.8) is 0 Å². The summed E-state index contributed by atoms with van der Waals surface area (Å²) in [5.41, 5.74) is 1.77. The Morgan fingerprint density at radius 2 is 2.00 bits per heavy atom. The van der Waals surface area contributed by atoms with Gasteiger partial charge in [0.25, 0.3) is 5.69 Å². The van der Waals surface area contributed by atoms with Gasteiger partial charge in [-0.05, 0) is 19.4 Å². The highest BCUT2D eigenvalue weighted by Crippen LogP contribution is 2.31. The number of para-hydroxylation sites is 1. The second-order valence-electron chi connectivity index (χ2n) is 4.58. The van der Waals surface area contributed by atoms with Crippen molar-refractivity contribution in [1.82, 2.24) is 0 Å². The number of hydrogen-bond donors (Lipinski definition) is 0. The highest BCUT2D eigenvalue weighted by Gasteiger charge is 2.19. The Balaban J connectivity index is 2.30. The van der Waals surface area contributed by atoms with Gasteiger partial charge in [-0.2, -0.15) is 0 Å². The molecule has 0 fully saturated rings. The molecule has 104 valence electrons. The largest absolute Gasteiger partial charge is 0.272 e. The number of rotatable bonds is 4. The summed E-state index contributed by atoms with van der Waals surface area (Å²) in [6, 6.07) is 11.1. The molecule has 20 heavy (non-hydrogen) atoms. The summed E-state index contributed by atoms with van der Waals surface area (Å²) in [6.45, 7) is 1.84. The van der Waals surface area contributed by atoms with E-state index in [2.05, 4.69) is 0 Å². The normalized spacial score (nSPS) is 12.2. The number of hydrogen-bond acceptors (Lipinski definition) is 2. The van der Waals surface area contributed by atoms with Crippen LogP contribution in [0.2, 0.25) is 0 Å². The standard InChI is InChI=1S/C15H13ClFNO2/c1-10-6-7-14(17)12(8-10)13(16)9-11-4-2-3-5-15(11)18(19)20/h2-8,13H,9H2,1H3. The van der Waals surface area contributed by atoms with Gasteiger partial charge in [0.15, 0.2) is 0 Å². The van der Waals surface area contributed by atoms with Crippen LogP contribution >= 0.6 is 11.6 Å². The highest BCUT2D eigenvalue weighted by molar-refractivity contribution is 6.21. The van der Waals surface area contributed by atoms with E-state index < -0.39 is 16.1 Å². The minimum absolute atomic E-state index is 0.00575. The van der Waals surface area contributed by atoms with Crippen LogP contribution < -0.4 is 0 Å². The molecule has 0 radical (unpaired) electrons. The summed E-state index contributed by atoms with van der Waals surface area (Å²) in [7, 11) is 0. The molecule has 0 aromatic heterocycles. The maximum absolute atomic E-state index is 13.8. The zero-order valence-electron chi connectivity index (χ0n) is 10.8. The van der Waals surface area contributed by atoms with Gasteiger partial charge in [0.05, 0.1) is 10.3 Å². The molecule has 0 aliphatic heterocycles. The fourth-order valence-electron chi connectivity index (χ4n) is 2.07. The van der Waals surface area contributed by atoms with Crippen molar-refractivity contribution in [3.05, 3.63) is 75.1 Å². The molecule has 1 unspecified atom stereocenters. The van der Waals surface area contributed by atoms with Gasteiger partial charge >= 0.3 is 0 Å². The van der Waals surface area contributed by atoms with Gasteiger partial charge in [0.1, 0.15) is 5.82 Å². The third kappa shape index (κ3) is 3.14. The SMILES string of the molecule is Cc1ccc(F)c(C(Cl)Cc2ccccc2[N+](=O)[O-])c1. The molecule has 2 rings (SSSR count). The minimum Gasteiger partial charge on any atom is -0.258 e. The summed E-state index contributed by atoms with van der Waals surface area (Å²) in [4.78, 5) is 10.5. The van der Waals surface area contributed by atoms with Crippen molar-refractivity contribution in [2.24, 2.45) is 0 Å². The molecule has 0 saturated heterocycles. The number of aryl methyl sites for hydroxylation is 1. The first-order valence-corrected chi connectivity index (χ1v) is 6.55. The van der Waals surface area contributed by atoms with Crippen molar-refractivity contribution >= 4 is 17.3 Å². The Labute approximate surface area is 121 Å². The van der Waals surface area contributed by atoms with E-state index in [0.717, 1.165) is 5.56 Å². The summed E-state index contributed by atoms with van der Waals surface area (Å²) >= 11 is 6.23. The first-order chi connectivity index (χ1) is 9.49. The first kappa shape index (κ1) is 14.5. The molecule has 5 heteroatoms. The van der Waals surface area contributed by atoms with Crippen LogP contribution in [0, 0.1) is 22.9 Å². The number of alkyl halides is 1. The molecule has 2 aromatic rings. The van der Waals surface area contributed by atoms with Gasteiger partial charge in [-0.25, -0.2) is 4.39 Å². The van der Waals surface area contributed by atoms with Crippen LogP contribution in [-0.4, -0.2) is 4.92 Å². The van der Waals surface area contributed by atoms with Gasteiger partial charge in [-0.1, -0.05) is 35.9 Å². The Morgan fingerprint density at radius 3 is 2.70 bits per heavy atom. The molecular weight excluding hydrogens is 281 g/mol. The fourth-order valence-corrected chi connectivity index (χ4v) is 2.40. The number of nitrogens with zero attached hydrogens (tertiary/aromatic N) is 1. The van der Waals surface area contributed by atoms with Gasteiger partial charge < -0.3 is 0 Å². The van der Waals surface area contributed by atoms with Crippen LogP contribution in [0.4, 0.5) is 10.1 Å². The molecule has 0 amide bonds. The zero-order chi connectivity index (χ0) is 14.7. The monoisotopic (exact) mass is 293 g/mol. The van der Waals surface area contributed by atoms with Gasteiger partial charge in [0.2, 0.25) is 0 Å². The molecule has 0 aliphatic rings. The smallest absolute Gasteiger partial charge is 0.258 e. The Kier molecular flexibility index (Phi) is 4.35. The van der Waals surface area contributed by atoms with Crippen LogP contribution in [0.1, 0.15) is 22.1 Å². The maximum Gasteiger partial charge on any atom is 0.272 e. The molecule has 1 atom stereocenters. The topological polar surface area (TPSA) is 43.1 Å². The molecule has 0 bridgehead atoms. The molecule has 0 saturated carbocycles. The average molecular weight is 294 g/mol. The van der Waals surface area contributed by atoms with Crippen LogP contribution in [0.3, 0.4) is 0 Å². The zero-order valence-corrected chi connectivity index (χ0v) is 11.6. The van der Waals surface area contributed by atoms with E-state index in [9.17, 15) is 14.5 Å². The Hall–Kier alpha value is -1.94. The van der Waals surface area contributed by atoms with Gasteiger partial charge in [-0.3, -0.25) is 10.1 Å². The lowest BCUT2D eigenvalue weighted by atomic mass is 10.0. The summed E-state index contributed by atoms with van der Waals surface area (Å²) in [5, 5.41) is 10.3. The quantitative estimate of drug-likeness (QED) is 0.471. The van der Waals surface area contributed by atoms with Crippen LogP contribution in [0.15, 0.2) is 42.5 Å². The van der Waals surface area contributed by atoms with Crippen LogP contribution in [-0.2, 0) is 6.42 Å². The average Bonchev–Trinajstić information content (AvgIpc) is 2.41. The predicted molar refractivity (Wildman–Crippen MR) is 76.5 cm³/mol. The third-order valence-corrected chi connectivity index (χ3v) is 3.47. The fraction of sp³-hybridized carbons (Fsp3) is 0.200. The van der Waals surface area contributed by atoms with Crippen molar-refractivity contribution in [2.75, 3.05) is 0 Å². The number of halogens is 2. The maximum atomic E-state index is 13.8. The van der Waals surface area contributed by atoms with E-state index in [4.69, 9.17) is 11.6 Å². The molecule has 0 heterocycles. The Morgan fingerprint density at radius 1 is 1.30 bits per heavy atom. The number of nitro groups is 1. The summed E-state index contributed by atoms with van der Waals surface area (Å²) in [6.07, 6.45) is 0.207. The van der Waals surface area contributed by atoms with E-state index in [0.29, 0.717) is 11.1 Å². The third-order valence-electron chi connectivity index (χ3n) is 3.08. The molecule has 3 nitrogen and oxygen atoms in total. The number of benzene rings is 2. The lowest BCUT2D eigenvalue weighted by Gasteiger charge is -2.12. The van der Waals surface area contributed by atoms with Gasteiger partial charge in [-0.15, -0.1) is 11.6 Å². The minimum atomic E-state index is -0.643. The lowest BCUT2D eigenvalue weighted by molar-refractivity contribution is -0.385. The van der Waals surface area contributed by atoms with Gasteiger partial charge in [0, 0.05) is 17.2 Å². The lowest BCUT2D eigenvalue weighted by Crippen LogP contribution is -2.02. The van der Waals surface area contributed by atoms with Crippen molar-refractivity contribution < 1.29 is 9.31 Å². The van der Waals surface area contributed by atoms with Crippen molar-refractivity contribution in [1.29, 1.82) is 0 Å². The molecule has 2 aromatic carbocycles. The summed E-state index contributed by atoms with van der Waals surface area (Å²) < 4.78 is 13.8. The molecular formula is C15H13ClFNO2. The van der Waals surface area contributed by atoms with E-state index in [-0.39, 0.29) is 12.1 Å². The van der Waals surface area contributed by atoms with E-state index in [1.54, 1.807) is 30.3 Å². The highest BCUT2D eigenvalue weighted by atomic mass is 35.5. The van der Waals surface area contributed by atoms with E-state index >= 15 is 0 Å². The van der Waals surface area contributed by atoms with E-state index in [1.807, 2.05) is 6.92 Å². The predicted octanol–water partition coefficient (Wildman–Crippen LogP) is 4.56. The molecule has 0 aliphatic carbocycles. The Bertz CT molecular complexity index is 646. The van der Waals surface area contributed by atoms with Crippen LogP contribution in [0.5, 0.6) is 0 Å². The van der Waals surface area contributed by atoms with E-state index in [1.165, 1.54) is 12.1 Å². The summed E-state index contributed by atoms with van der Waals surface area (Å²) in [5.74, 6) is -0.394. The number of nitro benzene ring substituents is 1. The molecule has 0 N–H and O–H groups in total. The van der Waals surface area contributed by atoms with Crippen LogP contribution in [0.25, 0.3) is 0 Å². The first-order valence-electron chi connectivity index (χ1n) is 6.11.